The first-order chi connectivity index (χ1) is 13.8. The molecule has 2 atom stereocenters. The summed E-state index contributed by atoms with van der Waals surface area (Å²) in [6.45, 7) is 1.88. The molecule has 0 aliphatic heterocycles. The summed E-state index contributed by atoms with van der Waals surface area (Å²) in [5.74, 6) is -0.335. The van der Waals surface area contributed by atoms with E-state index in [9.17, 15) is 13.2 Å². The second-order valence-corrected chi connectivity index (χ2v) is 9.73. The first-order valence-corrected chi connectivity index (χ1v) is 11.6. The molecular formula is C22H19BrClNO3S. The van der Waals surface area contributed by atoms with Gasteiger partial charge in [0.25, 0.3) is 0 Å². The minimum Gasteiger partial charge on any atom is -0.292 e. The zero-order valence-corrected chi connectivity index (χ0v) is 18.7. The van der Waals surface area contributed by atoms with Crippen molar-refractivity contribution in [2.45, 2.75) is 22.7 Å². The van der Waals surface area contributed by atoms with Crippen LogP contribution in [0.3, 0.4) is 0 Å². The Kier molecular flexibility index (Phi) is 6.90. The van der Waals surface area contributed by atoms with Crippen molar-refractivity contribution < 1.29 is 13.2 Å². The molecule has 29 heavy (non-hydrogen) atoms. The lowest BCUT2D eigenvalue weighted by atomic mass is 9.98. The molecule has 0 bridgehead atoms. The summed E-state index contributed by atoms with van der Waals surface area (Å²) in [7, 11) is -3.92. The van der Waals surface area contributed by atoms with Crippen molar-refractivity contribution in [2.24, 2.45) is 0 Å². The summed E-state index contributed by atoms with van der Waals surface area (Å²) in [5.41, 5.74) is 2.10. The predicted octanol–water partition coefficient (Wildman–Crippen LogP) is 5.31. The van der Waals surface area contributed by atoms with E-state index in [1.165, 1.54) is 12.1 Å². The number of halogens is 2. The van der Waals surface area contributed by atoms with Gasteiger partial charge in [-0.3, -0.25) is 4.79 Å². The molecule has 0 aliphatic rings. The Morgan fingerprint density at radius 1 is 0.931 bits per heavy atom. The zero-order chi connectivity index (χ0) is 21.0. The van der Waals surface area contributed by atoms with Gasteiger partial charge in [0.05, 0.1) is 9.72 Å². The van der Waals surface area contributed by atoms with E-state index in [-0.39, 0.29) is 10.7 Å². The minimum absolute atomic E-state index is 0.102. The minimum atomic E-state index is -3.92. The summed E-state index contributed by atoms with van der Waals surface area (Å²) in [4.78, 5) is 12.7. The van der Waals surface area contributed by atoms with E-state index in [0.717, 1.165) is 11.1 Å². The van der Waals surface area contributed by atoms with Gasteiger partial charge >= 0.3 is 0 Å². The van der Waals surface area contributed by atoms with Crippen LogP contribution >= 0.6 is 27.5 Å². The average Bonchev–Trinajstić information content (AvgIpc) is 2.72. The lowest BCUT2D eigenvalue weighted by Gasteiger charge is -2.23. The highest BCUT2D eigenvalue weighted by Crippen LogP contribution is 2.30. The first-order valence-electron chi connectivity index (χ1n) is 8.86. The van der Waals surface area contributed by atoms with E-state index in [0.29, 0.717) is 10.6 Å². The lowest BCUT2D eigenvalue weighted by molar-refractivity contribution is 0.0952. The van der Waals surface area contributed by atoms with Crippen LogP contribution in [-0.4, -0.2) is 20.2 Å². The Morgan fingerprint density at radius 3 is 2.10 bits per heavy atom. The normalized spacial score (nSPS) is 13.6. The number of aryl methyl sites for hydroxylation is 1. The third kappa shape index (κ3) is 5.34. The number of carbonyl (C=O) groups excluding carboxylic acids is 1. The fraction of sp³-hybridized carbons (Fsp3) is 0.136. The van der Waals surface area contributed by atoms with Crippen LogP contribution in [0.4, 0.5) is 0 Å². The van der Waals surface area contributed by atoms with E-state index >= 15 is 0 Å². The van der Waals surface area contributed by atoms with Gasteiger partial charge in [0.2, 0.25) is 10.0 Å². The van der Waals surface area contributed by atoms with Gasteiger partial charge in [0, 0.05) is 10.6 Å². The number of alkyl halides is 1. The van der Waals surface area contributed by atoms with Crippen LogP contribution in [0.5, 0.6) is 0 Å². The monoisotopic (exact) mass is 491 g/mol. The average molecular weight is 493 g/mol. The topological polar surface area (TPSA) is 63.2 Å². The van der Waals surface area contributed by atoms with Gasteiger partial charge in [-0.1, -0.05) is 87.7 Å². The van der Waals surface area contributed by atoms with Crippen LogP contribution < -0.4 is 4.72 Å². The molecular weight excluding hydrogens is 474 g/mol. The number of hydrogen-bond donors (Lipinski definition) is 1. The molecule has 7 heteroatoms. The summed E-state index contributed by atoms with van der Waals surface area (Å²) < 4.78 is 28.5. The molecule has 4 nitrogen and oxygen atoms in total. The number of sulfonamides is 1. The number of hydrogen-bond acceptors (Lipinski definition) is 3. The van der Waals surface area contributed by atoms with E-state index in [1.54, 1.807) is 66.7 Å². The van der Waals surface area contributed by atoms with Crippen molar-refractivity contribution in [2.75, 3.05) is 0 Å². The molecule has 0 aliphatic carbocycles. The molecule has 150 valence electrons. The second-order valence-electron chi connectivity index (χ2n) is 6.60. The highest BCUT2D eigenvalue weighted by atomic mass is 79.9. The molecule has 0 unspecified atom stereocenters. The van der Waals surface area contributed by atoms with E-state index in [1.807, 2.05) is 6.92 Å². The van der Waals surface area contributed by atoms with Gasteiger partial charge in [-0.2, -0.15) is 4.72 Å². The third-order valence-corrected chi connectivity index (χ3v) is 7.20. The molecule has 0 radical (unpaired) electrons. The van der Waals surface area contributed by atoms with Crippen LogP contribution in [0.15, 0.2) is 83.8 Å². The maximum absolute atomic E-state index is 13.2. The maximum Gasteiger partial charge on any atom is 0.241 e. The quantitative estimate of drug-likeness (QED) is 0.359. The number of nitrogens with one attached hydrogen (secondary N) is 1. The highest BCUT2D eigenvalue weighted by Gasteiger charge is 2.33. The molecule has 0 fully saturated rings. The molecule has 0 saturated heterocycles. The Balaban J connectivity index is 1.99. The number of benzene rings is 3. The molecule has 3 aromatic rings. The summed E-state index contributed by atoms with van der Waals surface area (Å²) in [6, 6.07) is 20.9. The Bertz CT molecular complexity index is 1090. The number of ketones is 1. The van der Waals surface area contributed by atoms with Crippen LogP contribution in [0.2, 0.25) is 5.02 Å². The first kappa shape index (κ1) is 21.7. The largest absolute Gasteiger partial charge is 0.292 e. The summed E-state index contributed by atoms with van der Waals surface area (Å²) in [6.07, 6.45) is 0. The van der Waals surface area contributed by atoms with Crippen LogP contribution in [0.1, 0.15) is 26.3 Å². The van der Waals surface area contributed by atoms with Crippen LogP contribution in [-0.2, 0) is 10.0 Å². The maximum atomic E-state index is 13.2. The Morgan fingerprint density at radius 2 is 1.52 bits per heavy atom. The van der Waals surface area contributed by atoms with E-state index in [2.05, 4.69) is 20.7 Å². The smallest absolute Gasteiger partial charge is 0.241 e. The van der Waals surface area contributed by atoms with Crippen molar-refractivity contribution in [1.29, 1.82) is 0 Å². The zero-order valence-electron chi connectivity index (χ0n) is 15.5. The molecule has 0 saturated carbocycles. The van der Waals surface area contributed by atoms with Crippen LogP contribution in [0.25, 0.3) is 0 Å². The number of carbonyl (C=O) groups is 1. The van der Waals surface area contributed by atoms with Crippen molar-refractivity contribution in [3.8, 4) is 0 Å². The van der Waals surface area contributed by atoms with Crippen molar-refractivity contribution in [3.05, 3.63) is 101 Å². The van der Waals surface area contributed by atoms with Gasteiger partial charge in [-0.05, 0) is 36.8 Å². The van der Waals surface area contributed by atoms with Crippen molar-refractivity contribution in [1.82, 2.24) is 4.72 Å². The molecule has 0 heterocycles. The van der Waals surface area contributed by atoms with Gasteiger partial charge in [0.15, 0.2) is 5.78 Å². The molecule has 0 spiro atoms. The second kappa shape index (κ2) is 9.22. The fourth-order valence-electron chi connectivity index (χ4n) is 2.82. The Labute approximate surface area is 184 Å². The van der Waals surface area contributed by atoms with E-state index in [4.69, 9.17) is 11.6 Å². The van der Waals surface area contributed by atoms with Gasteiger partial charge in [0.1, 0.15) is 6.04 Å². The third-order valence-electron chi connectivity index (χ3n) is 4.44. The lowest BCUT2D eigenvalue weighted by Crippen LogP contribution is -2.43. The Hall–Kier alpha value is -1.99. The molecule has 0 amide bonds. The molecule has 3 aromatic carbocycles. The van der Waals surface area contributed by atoms with Crippen molar-refractivity contribution >= 4 is 43.3 Å². The molecule has 0 aromatic heterocycles. The highest BCUT2D eigenvalue weighted by molar-refractivity contribution is 9.09. The molecule has 3 rings (SSSR count). The van der Waals surface area contributed by atoms with Crippen LogP contribution in [0, 0.1) is 6.92 Å². The van der Waals surface area contributed by atoms with Gasteiger partial charge in [-0.25, -0.2) is 8.42 Å². The summed E-state index contributed by atoms with van der Waals surface area (Å²) in [5, 5.41) is 0.555. The standard InChI is InChI=1S/C22H19BrClNO3S/c1-15-7-13-19(14-8-15)29(27,28)25-21(22(26)17-5-3-2-4-6-17)20(23)16-9-11-18(24)12-10-16/h2-14,20-21,25H,1H3/t20-,21-/m1/s1. The number of rotatable bonds is 7. The fourth-order valence-corrected chi connectivity index (χ4v) is 5.01. The van der Waals surface area contributed by atoms with Gasteiger partial charge in [-0.15, -0.1) is 0 Å². The SMILES string of the molecule is Cc1ccc(S(=O)(=O)N[C@@H](C(=O)c2ccccc2)[C@H](Br)c2ccc(Cl)cc2)cc1. The van der Waals surface area contributed by atoms with E-state index < -0.39 is 20.9 Å². The summed E-state index contributed by atoms with van der Waals surface area (Å²) >= 11 is 9.48. The predicted molar refractivity (Wildman–Crippen MR) is 119 cm³/mol. The van der Waals surface area contributed by atoms with Gasteiger partial charge < -0.3 is 0 Å². The molecule has 1 N–H and O–H groups in total. The number of Topliss-reactive ketones (excluding diaryl/α,β-unsaturated/α-hetero) is 1. The van der Waals surface area contributed by atoms with Crippen molar-refractivity contribution in [3.63, 3.8) is 0 Å².